The fourth-order valence-electron chi connectivity index (χ4n) is 0.569. The third kappa shape index (κ3) is 24.5. The number of nitroso groups, excluding NO2 is 1. The summed E-state index contributed by atoms with van der Waals surface area (Å²) in [5, 5.41) is 2.53. The van der Waals surface area contributed by atoms with E-state index in [0.29, 0.717) is 0 Å². The zero-order valence-corrected chi connectivity index (χ0v) is 12.9. The van der Waals surface area contributed by atoms with Crippen molar-refractivity contribution in [3.63, 3.8) is 0 Å². The molecule has 0 N–H and O–H groups in total. The molecule has 0 amide bonds. The molecule has 3 heteroatoms. The second kappa shape index (κ2) is 15.1. The van der Waals surface area contributed by atoms with Crippen LogP contribution in [0.4, 0.5) is 0 Å². The molecule has 0 saturated carbocycles. The van der Waals surface area contributed by atoms with Crippen molar-refractivity contribution in [3.05, 3.63) is 18.3 Å². The van der Waals surface area contributed by atoms with Gasteiger partial charge in [0.15, 0.2) is 0 Å². The standard InChI is InChI=1S/C7H15.C3H6NO.Np/c1-4-6-7(3)5-2;1-3(2)4-5;/h6-7H,4-5H2,1-3H3;3H,1H2,2H3;/q2*-1;. The summed E-state index contributed by atoms with van der Waals surface area (Å²) >= 11 is 0. The van der Waals surface area contributed by atoms with E-state index < -0.39 is 0 Å². The van der Waals surface area contributed by atoms with Crippen LogP contribution in [0.1, 0.15) is 40.5 Å². The molecule has 0 aliphatic carbocycles. The second-order valence-electron chi connectivity index (χ2n) is 2.98. The summed E-state index contributed by atoms with van der Waals surface area (Å²) < 4.78 is 0. The van der Waals surface area contributed by atoms with Crippen LogP contribution in [0.5, 0.6) is 0 Å². The van der Waals surface area contributed by atoms with Gasteiger partial charge in [-0.1, -0.05) is 34.1 Å². The summed E-state index contributed by atoms with van der Waals surface area (Å²) in [6.07, 6.45) is 4.85. The molecule has 0 aromatic rings. The Kier molecular flexibility index (Phi) is 22.3. The first kappa shape index (κ1) is 19.2. The van der Waals surface area contributed by atoms with Crippen molar-refractivity contribution in [3.8, 4) is 0 Å². The van der Waals surface area contributed by atoms with Crippen molar-refractivity contribution in [1.29, 1.82) is 0 Å². The van der Waals surface area contributed by atoms with E-state index in [2.05, 4.69) is 39.3 Å². The predicted molar refractivity (Wildman–Crippen MR) is 54.7 cm³/mol. The Morgan fingerprint density at radius 2 is 1.77 bits per heavy atom. The van der Waals surface area contributed by atoms with Gasteiger partial charge in [0.25, 0.3) is 0 Å². The van der Waals surface area contributed by atoms with Crippen molar-refractivity contribution in [2.45, 2.75) is 46.6 Å². The van der Waals surface area contributed by atoms with Gasteiger partial charge in [0, 0.05) is 29.9 Å². The van der Waals surface area contributed by atoms with Crippen LogP contribution < -0.4 is 0 Å². The van der Waals surface area contributed by atoms with E-state index in [-0.39, 0.29) is 36.0 Å². The first-order valence-corrected chi connectivity index (χ1v) is 4.57. The summed E-state index contributed by atoms with van der Waals surface area (Å²) in [7, 11) is 0. The summed E-state index contributed by atoms with van der Waals surface area (Å²) in [6, 6.07) is -0.296. The van der Waals surface area contributed by atoms with Crippen LogP contribution in [0.15, 0.2) is 5.18 Å². The Hall–Kier alpha value is 0.613. The Morgan fingerprint density at radius 3 is 1.85 bits per heavy atom. The monoisotopic (exact) mass is 407 g/mol. The fourth-order valence-corrected chi connectivity index (χ4v) is 0.569. The topological polar surface area (TPSA) is 29.4 Å². The van der Waals surface area contributed by atoms with Gasteiger partial charge in [0.05, 0.1) is 0 Å². The molecule has 0 aromatic heterocycles. The van der Waals surface area contributed by atoms with Crippen LogP contribution in [0.2, 0.25) is 0 Å². The molecule has 0 aromatic carbocycles. The van der Waals surface area contributed by atoms with Gasteiger partial charge in [-0.05, 0) is 6.04 Å². The van der Waals surface area contributed by atoms with Crippen LogP contribution in [-0.2, 0) is 0 Å². The number of rotatable bonds is 4. The molecule has 0 fully saturated rings. The smallest absolute Gasteiger partial charge is 0 e. The quantitative estimate of drug-likeness (QED) is 0.516. The number of hydrogen-bond acceptors (Lipinski definition) is 2. The minimum absolute atomic E-state index is 0. The van der Waals surface area contributed by atoms with E-state index in [1.807, 2.05) is 0 Å². The molecule has 0 bridgehead atoms. The SMILES string of the molecule is CC[CH-]C(C)CC.[CH2-]C(C)N=O.[Np]. The van der Waals surface area contributed by atoms with Crippen LogP contribution in [0.3, 0.4) is 0 Å². The molecular formula is C10H21NNpO-2. The molecule has 79 valence electrons. The normalized spacial score (nSPS) is 13.0. The third-order valence-corrected chi connectivity index (χ3v) is 1.46. The van der Waals surface area contributed by atoms with E-state index >= 15 is 0 Å². The van der Waals surface area contributed by atoms with Crippen molar-refractivity contribution in [2.24, 2.45) is 11.1 Å². The Morgan fingerprint density at radius 1 is 1.38 bits per heavy atom. The van der Waals surface area contributed by atoms with Crippen LogP contribution >= 0.6 is 0 Å². The van der Waals surface area contributed by atoms with E-state index in [4.69, 9.17) is 0 Å². The first-order chi connectivity index (χ1) is 5.58. The molecule has 13 heavy (non-hydrogen) atoms. The van der Waals surface area contributed by atoms with Gasteiger partial charge in [-0.25, -0.2) is 0 Å². The minimum Gasteiger partial charge on any atom is -0.326 e. The summed E-state index contributed by atoms with van der Waals surface area (Å²) in [5.74, 6) is 0.824. The van der Waals surface area contributed by atoms with Crippen molar-refractivity contribution in [1.82, 2.24) is 0 Å². The van der Waals surface area contributed by atoms with E-state index in [1.54, 1.807) is 6.92 Å². The molecule has 1 radical (unpaired) electrons. The van der Waals surface area contributed by atoms with Crippen LogP contribution in [-0.4, -0.2) is 6.04 Å². The van der Waals surface area contributed by atoms with E-state index in [0.717, 1.165) is 5.92 Å². The fraction of sp³-hybridized carbons (Fsp3) is 0.800. The van der Waals surface area contributed by atoms with Gasteiger partial charge >= 0.3 is 0 Å². The summed E-state index contributed by atoms with van der Waals surface area (Å²) in [5.41, 5.74) is 0. The second-order valence-corrected chi connectivity index (χ2v) is 2.98. The summed E-state index contributed by atoms with van der Waals surface area (Å²) in [6.45, 7) is 11.6. The molecule has 0 rings (SSSR count). The van der Waals surface area contributed by atoms with Gasteiger partial charge < -0.3 is 13.3 Å². The molecule has 0 saturated heterocycles. The number of nitrogens with zero attached hydrogens (tertiary/aromatic N) is 1. The summed E-state index contributed by atoms with van der Waals surface area (Å²) in [4.78, 5) is 9.19. The average Bonchev–Trinajstić information content (AvgIpc) is 2.06. The van der Waals surface area contributed by atoms with E-state index in [9.17, 15) is 4.91 Å². The maximum atomic E-state index is 9.19. The molecule has 2 unspecified atom stereocenters. The minimum atomic E-state index is -0.296. The average molecular weight is 408 g/mol. The molecule has 0 aliphatic rings. The van der Waals surface area contributed by atoms with Gasteiger partial charge in [-0.15, -0.1) is 5.18 Å². The Bertz CT molecular complexity index is 96.9. The zero-order chi connectivity index (χ0) is 9.98. The predicted octanol–water partition coefficient (Wildman–Crippen LogP) is 3.62. The maximum Gasteiger partial charge on any atom is 0 e. The molecule has 0 aliphatic heterocycles. The molecule has 2 nitrogen and oxygen atoms in total. The van der Waals surface area contributed by atoms with Crippen LogP contribution in [0, 0.1) is 54.1 Å². The van der Waals surface area contributed by atoms with Gasteiger partial charge in [-0.2, -0.15) is 17.2 Å². The van der Waals surface area contributed by atoms with Crippen molar-refractivity contribution >= 4 is 0 Å². The van der Waals surface area contributed by atoms with Crippen molar-refractivity contribution in [2.75, 3.05) is 0 Å². The van der Waals surface area contributed by atoms with Gasteiger partial charge in [0.2, 0.25) is 0 Å². The van der Waals surface area contributed by atoms with Crippen molar-refractivity contribution < 1.29 is 29.9 Å². The largest absolute Gasteiger partial charge is 0.326 e. The molecular weight excluding hydrogens is 387 g/mol. The molecule has 0 spiro atoms. The molecule has 0 heterocycles. The molecule has 2 atom stereocenters. The number of hydrogen-bond donors (Lipinski definition) is 0. The van der Waals surface area contributed by atoms with Gasteiger partial charge in [0.1, 0.15) is 0 Å². The van der Waals surface area contributed by atoms with Crippen LogP contribution in [0.25, 0.3) is 0 Å². The maximum absolute atomic E-state index is 9.19. The Balaban J connectivity index is -0.000000150. The third-order valence-electron chi connectivity index (χ3n) is 1.46. The Labute approximate surface area is 106 Å². The first-order valence-electron chi connectivity index (χ1n) is 4.57. The van der Waals surface area contributed by atoms with E-state index in [1.165, 1.54) is 12.8 Å². The zero-order valence-electron chi connectivity index (χ0n) is 9.16. The van der Waals surface area contributed by atoms with Gasteiger partial charge in [-0.3, -0.25) is 0 Å².